The van der Waals surface area contributed by atoms with Gasteiger partial charge in [-0.2, -0.15) is 0 Å². The largest absolute Gasteiger partial charge is 1.00 e. The van der Waals surface area contributed by atoms with Gasteiger partial charge >= 0.3 is 35.5 Å². The van der Waals surface area contributed by atoms with Crippen molar-refractivity contribution in [3.63, 3.8) is 0 Å². The first-order valence-corrected chi connectivity index (χ1v) is 15.6. The van der Waals surface area contributed by atoms with E-state index in [0.29, 0.717) is 45.0 Å². The number of rotatable bonds is 15. The number of methoxy groups -OCH3 is 2. The Morgan fingerprint density at radius 3 is 2.16 bits per heavy atom. The van der Waals surface area contributed by atoms with Crippen LogP contribution in [0.25, 0.3) is 22.3 Å². The van der Waals surface area contributed by atoms with Crippen LogP contribution in [0.5, 0.6) is 5.75 Å². The zero-order chi connectivity index (χ0) is 35.0. The molecule has 0 saturated carbocycles. The average Bonchev–Trinajstić information content (AvgIpc) is 3.41. The van der Waals surface area contributed by atoms with Crippen molar-refractivity contribution in [1.29, 1.82) is 0 Å². The van der Waals surface area contributed by atoms with Gasteiger partial charge < -0.3 is 39.5 Å². The SMILES string of the molecule is COC(=O)c1ccc(CNC(=O)c2c(-c3ccccc3)c(-c3ccc(F)cc3)c(CC[C@@H](O)C[C@@H](O)CC(=O)[O-])n2C(C)C)c(OC)c1.[Na+]. The summed E-state index contributed by atoms with van der Waals surface area (Å²) in [5.74, 6) is -2.37. The Kier molecular flexibility index (Phi) is 14.6. The van der Waals surface area contributed by atoms with E-state index in [9.17, 15) is 34.1 Å². The first-order valence-electron chi connectivity index (χ1n) is 15.6. The smallest absolute Gasteiger partial charge is 0.550 e. The molecule has 254 valence electrons. The third-order valence-corrected chi connectivity index (χ3v) is 8.04. The van der Waals surface area contributed by atoms with Crippen LogP contribution in [0.4, 0.5) is 4.39 Å². The van der Waals surface area contributed by atoms with Crippen molar-refractivity contribution in [2.75, 3.05) is 14.2 Å². The number of hydrogen-bond acceptors (Lipinski definition) is 8. The normalized spacial score (nSPS) is 12.2. The van der Waals surface area contributed by atoms with Crippen LogP contribution in [0.15, 0.2) is 72.8 Å². The molecule has 0 bridgehead atoms. The van der Waals surface area contributed by atoms with E-state index in [1.165, 1.54) is 26.4 Å². The Hall–Kier alpha value is -4.00. The number of esters is 1. The molecule has 0 aliphatic heterocycles. The zero-order valence-electron chi connectivity index (χ0n) is 28.4. The van der Waals surface area contributed by atoms with Crippen molar-refractivity contribution in [1.82, 2.24) is 9.88 Å². The topological polar surface area (TPSA) is 150 Å². The van der Waals surface area contributed by atoms with Crippen LogP contribution in [0.3, 0.4) is 0 Å². The van der Waals surface area contributed by atoms with Crippen molar-refractivity contribution in [3.8, 4) is 28.0 Å². The molecule has 3 aromatic carbocycles. The second kappa shape index (κ2) is 18.1. The van der Waals surface area contributed by atoms with Gasteiger partial charge in [0, 0.05) is 47.4 Å². The molecule has 4 aromatic rings. The molecule has 1 aromatic heterocycles. The summed E-state index contributed by atoms with van der Waals surface area (Å²) in [5, 5.41) is 34.8. The van der Waals surface area contributed by atoms with Gasteiger partial charge in [-0.05, 0) is 68.5 Å². The van der Waals surface area contributed by atoms with Gasteiger partial charge in [0.2, 0.25) is 0 Å². The first kappa shape index (κ1) is 39.4. The van der Waals surface area contributed by atoms with E-state index >= 15 is 0 Å². The molecule has 0 spiro atoms. The van der Waals surface area contributed by atoms with Gasteiger partial charge in [0.15, 0.2) is 0 Å². The Balaban J connectivity index is 0.00000650. The minimum Gasteiger partial charge on any atom is -0.550 e. The summed E-state index contributed by atoms with van der Waals surface area (Å²) < 4.78 is 26.3. The number of nitrogens with one attached hydrogen (secondary N) is 1. The molecule has 4 rings (SSSR count). The Bertz CT molecular complexity index is 1740. The fourth-order valence-electron chi connectivity index (χ4n) is 5.90. The number of aliphatic hydroxyl groups is 2. The Labute approximate surface area is 307 Å². The van der Waals surface area contributed by atoms with Crippen LogP contribution >= 0.6 is 0 Å². The number of carbonyl (C=O) groups is 3. The van der Waals surface area contributed by atoms with Gasteiger partial charge in [-0.1, -0.05) is 48.5 Å². The van der Waals surface area contributed by atoms with Gasteiger partial charge in [0.25, 0.3) is 5.91 Å². The van der Waals surface area contributed by atoms with Gasteiger partial charge in [0.1, 0.15) is 17.3 Å². The quantitative estimate of drug-likeness (QED) is 0.126. The van der Waals surface area contributed by atoms with Crippen LogP contribution < -0.4 is 44.7 Å². The number of ether oxygens (including phenoxy) is 2. The molecule has 0 radical (unpaired) electrons. The van der Waals surface area contributed by atoms with E-state index in [1.54, 1.807) is 30.3 Å². The summed E-state index contributed by atoms with van der Waals surface area (Å²) in [7, 11) is 2.75. The van der Waals surface area contributed by atoms with Crippen LogP contribution in [0.1, 0.15) is 71.3 Å². The number of aliphatic carboxylic acids is 1. The molecule has 1 amide bonds. The number of hydrogen-bond donors (Lipinski definition) is 3. The van der Waals surface area contributed by atoms with E-state index < -0.39 is 42.3 Å². The van der Waals surface area contributed by atoms with Crippen LogP contribution in [-0.2, 0) is 22.5 Å². The number of nitrogens with zero attached hydrogens (tertiary/aromatic N) is 1. The van der Waals surface area contributed by atoms with Gasteiger partial charge in [0.05, 0.1) is 32.0 Å². The van der Waals surface area contributed by atoms with Crippen molar-refractivity contribution >= 4 is 17.8 Å². The summed E-state index contributed by atoms with van der Waals surface area (Å²) in [6.45, 7) is 3.92. The molecular formula is C37H40FN2NaO8. The second-order valence-electron chi connectivity index (χ2n) is 11.7. The molecule has 0 aliphatic carbocycles. The third-order valence-electron chi connectivity index (χ3n) is 8.04. The van der Waals surface area contributed by atoms with Crippen LogP contribution in [0, 0.1) is 5.82 Å². The standard InChI is InChI=1S/C37H41FN2O8.Na/c1-22(2)40-30(17-16-28(41)19-29(42)20-32(43)44)33(24-12-14-27(38)15-13-24)34(23-8-6-5-7-9-23)35(40)36(45)39-21-26-11-10-25(37(46)48-4)18-31(26)47-3;/h5-15,18,22,28-29,41-42H,16-17,19-21H2,1-4H3,(H,39,45)(H,43,44);/q;+1/p-1/t28-,29-;/m1./s1. The van der Waals surface area contributed by atoms with Gasteiger partial charge in [-0.25, -0.2) is 9.18 Å². The van der Waals surface area contributed by atoms with Crippen molar-refractivity contribution in [2.45, 2.75) is 64.3 Å². The first-order chi connectivity index (χ1) is 22.9. The molecule has 12 heteroatoms. The van der Waals surface area contributed by atoms with Crippen LogP contribution in [-0.4, -0.2) is 59.1 Å². The molecule has 0 aliphatic rings. The fraction of sp³-hybridized carbons (Fsp3) is 0.324. The number of carboxylic acid groups (broad SMARTS) is 1. The molecule has 2 atom stereocenters. The van der Waals surface area contributed by atoms with E-state index in [0.717, 1.165) is 5.56 Å². The average molecular weight is 683 g/mol. The molecule has 49 heavy (non-hydrogen) atoms. The van der Waals surface area contributed by atoms with Crippen molar-refractivity contribution in [3.05, 3.63) is 101 Å². The summed E-state index contributed by atoms with van der Waals surface area (Å²) in [5.41, 5.74) is 4.67. The number of aliphatic hydroxyl groups excluding tert-OH is 2. The summed E-state index contributed by atoms with van der Waals surface area (Å²) in [6, 6.07) is 19.9. The van der Waals surface area contributed by atoms with Crippen LogP contribution in [0.2, 0.25) is 0 Å². The van der Waals surface area contributed by atoms with E-state index in [-0.39, 0.29) is 61.4 Å². The predicted molar refractivity (Wildman–Crippen MR) is 176 cm³/mol. The number of halogens is 1. The summed E-state index contributed by atoms with van der Waals surface area (Å²) >= 11 is 0. The predicted octanol–water partition coefficient (Wildman–Crippen LogP) is 1.46. The number of amides is 1. The molecule has 0 unspecified atom stereocenters. The maximum Gasteiger partial charge on any atom is 1.00 e. The molecule has 10 nitrogen and oxygen atoms in total. The van der Waals surface area contributed by atoms with Gasteiger partial charge in [-0.3, -0.25) is 4.79 Å². The minimum atomic E-state index is -1.41. The van der Waals surface area contributed by atoms with Crippen molar-refractivity contribution < 1.29 is 73.1 Å². The molecule has 3 N–H and O–H groups in total. The third kappa shape index (κ3) is 9.80. The molecule has 0 fully saturated rings. The summed E-state index contributed by atoms with van der Waals surface area (Å²) in [6.07, 6.45) is -2.70. The van der Waals surface area contributed by atoms with E-state index in [4.69, 9.17) is 9.47 Å². The number of benzene rings is 3. The van der Waals surface area contributed by atoms with Crippen molar-refractivity contribution in [2.24, 2.45) is 0 Å². The molecule has 1 heterocycles. The molecular weight excluding hydrogens is 642 g/mol. The maximum atomic E-state index is 14.3. The van der Waals surface area contributed by atoms with E-state index in [2.05, 4.69) is 5.32 Å². The fourth-order valence-corrected chi connectivity index (χ4v) is 5.90. The Morgan fingerprint density at radius 2 is 1.57 bits per heavy atom. The minimum absolute atomic E-state index is 0. The number of aromatic nitrogens is 1. The van der Waals surface area contributed by atoms with E-state index in [1.807, 2.05) is 48.7 Å². The summed E-state index contributed by atoms with van der Waals surface area (Å²) in [4.78, 5) is 37.3. The zero-order valence-corrected chi connectivity index (χ0v) is 30.4. The number of carbonyl (C=O) groups excluding carboxylic acids is 3. The van der Waals surface area contributed by atoms with Gasteiger partial charge in [-0.15, -0.1) is 0 Å². The second-order valence-corrected chi connectivity index (χ2v) is 11.7. The maximum absolute atomic E-state index is 14.3. The molecule has 0 saturated heterocycles. The Morgan fingerprint density at radius 1 is 0.918 bits per heavy atom. The monoisotopic (exact) mass is 682 g/mol. The number of carboxylic acids is 1.